The molecule has 9 nitrogen and oxygen atoms in total. The summed E-state index contributed by atoms with van der Waals surface area (Å²) < 4.78 is 65.5. The minimum absolute atomic E-state index is 0.629. The molecule has 184 valence electrons. The van der Waals surface area contributed by atoms with E-state index in [1.807, 2.05) is 25.3 Å². The fourth-order valence-corrected chi connectivity index (χ4v) is 2.09. The van der Waals surface area contributed by atoms with E-state index >= 15 is 0 Å². The van der Waals surface area contributed by atoms with Crippen molar-refractivity contribution < 1.29 is 46.1 Å². The molecule has 0 spiro atoms. The summed E-state index contributed by atoms with van der Waals surface area (Å²) >= 11 is 0. The number of rotatable bonds is 4. The number of carboxylic acids is 2. The Morgan fingerprint density at radius 3 is 1.82 bits per heavy atom. The van der Waals surface area contributed by atoms with Gasteiger partial charge in [-0.05, 0) is 24.6 Å². The number of hydrogen-bond acceptors (Lipinski definition) is 6. The molecule has 34 heavy (non-hydrogen) atoms. The first-order valence-electron chi connectivity index (χ1n) is 8.92. The molecule has 0 atom stereocenters. The molecule has 0 aliphatic heterocycles. The lowest BCUT2D eigenvalue weighted by atomic mass is 10.1. The summed E-state index contributed by atoms with van der Waals surface area (Å²) in [6, 6.07) is 10.0. The Bertz CT molecular complexity index is 1050. The van der Waals surface area contributed by atoms with Crippen molar-refractivity contribution in [3.63, 3.8) is 0 Å². The molecule has 1 aromatic carbocycles. The Balaban J connectivity index is 0.000000343. The van der Waals surface area contributed by atoms with E-state index in [2.05, 4.69) is 37.0 Å². The predicted octanol–water partition coefficient (Wildman–Crippen LogP) is 3.85. The van der Waals surface area contributed by atoms with Crippen LogP contribution in [0.3, 0.4) is 0 Å². The highest BCUT2D eigenvalue weighted by molar-refractivity contribution is 5.73. The van der Waals surface area contributed by atoms with Crippen molar-refractivity contribution in [2.24, 2.45) is 0 Å². The number of nitrogens with one attached hydrogen (secondary N) is 1. The van der Waals surface area contributed by atoms with Gasteiger partial charge in [0.05, 0.1) is 5.69 Å². The lowest BCUT2D eigenvalue weighted by Gasteiger charge is -2.12. The van der Waals surface area contributed by atoms with E-state index in [9.17, 15) is 26.3 Å². The molecule has 0 radical (unpaired) electrons. The van der Waals surface area contributed by atoms with Crippen LogP contribution >= 0.6 is 0 Å². The molecule has 2 aromatic heterocycles. The molecule has 2 heterocycles. The van der Waals surface area contributed by atoms with Crippen molar-refractivity contribution in [3.8, 4) is 5.69 Å². The number of halogens is 6. The van der Waals surface area contributed by atoms with Gasteiger partial charge in [-0.25, -0.2) is 24.5 Å². The Morgan fingerprint density at radius 1 is 0.882 bits per heavy atom. The van der Waals surface area contributed by atoms with Crippen LogP contribution in [0.4, 0.5) is 32.3 Å². The number of imidazole rings is 1. The zero-order valence-electron chi connectivity index (χ0n) is 17.2. The quantitative estimate of drug-likeness (QED) is 0.468. The second-order valence-corrected chi connectivity index (χ2v) is 6.00. The van der Waals surface area contributed by atoms with Crippen LogP contribution < -0.4 is 5.32 Å². The van der Waals surface area contributed by atoms with Gasteiger partial charge in [0.1, 0.15) is 5.82 Å². The molecule has 0 aliphatic rings. The van der Waals surface area contributed by atoms with Crippen LogP contribution in [0.5, 0.6) is 0 Å². The van der Waals surface area contributed by atoms with Crippen molar-refractivity contribution in [3.05, 3.63) is 66.5 Å². The molecule has 0 bridgehead atoms. The lowest BCUT2D eigenvalue weighted by molar-refractivity contribution is -0.193. The van der Waals surface area contributed by atoms with Crippen molar-refractivity contribution in [2.75, 3.05) is 5.32 Å². The normalized spacial score (nSPS) is 10.8. The van der Waals surface area contributed by atoms with Gasteiger partial charge in [0.15, 0.2) is 0 Å². The first-order chi connectivity index (χ1) is 15.7. The maximum Gasteiger partial charge on any atom is 0.490 e. The molecule has 3 aromatic rings. The Kier molecular flexibility index (Phi) is 9.98. The van der Waals surface area contributed by atoms with Crippen LogP contribution in [-0.2, 0) is 16.1 Å². The minimum atomic E-state index is -5.08. The third-order valence-electron chi connectivity index (χ3n) is 3.56. The molecule has 3 N–H and O–H groups in total. The van der Waals surface area contributed by atoms with E-state index in [0.717, 1.165) is 11.5 Å². The van der Waals surface area contributed by atoms with Crippen LogP contribution in [-0.4, -0.2) is 54.0 Å². The summed E-state index contributed by atoms with van der Waals surface area (Å²) in [6.45, 7) is 2.66. The van der Waals surface area contributed by atoms with Crippen molar-refractivity contribution in [2.45, 2.75) is 25.8 Å². The Labute approximate surface area is 187 Å². The van der Waals surface area contributed by atoms with Gasteiger partial charge in [0, 0.05) is 31.3 Å². The van der Waals surface area contributed by atoms with E-state index in [-0.39, 0.29) is 0 Å². The number of aryl methyl sites for hydroxylation is 1. The number of carboxylic acid groups (broad SMARTS) is 2. The third kappa shape index (κ3) is 9.54. The number of hydrogen-bond donors (Lipinski definition) is 3. The maximum atomic E-state index is 10.6. The highest BCUT2D eigenvalue weighted by atomic mass is 19.4. The fraction of sp³-hybridized carbons (Fsp3) is 0.211. The molecule has 15 heteroatoms. The minimum Gasteiger partial charge on any atom is -0.475 e. The van der Waals surface area contributed by atoms with Gasteiger partial charge >= 0.3 is 24.3 Å². The summed E-state index contributed by atoms with van der Waals surface area (Å²) in [4.78, 5) is 30.4. The van der Waals surface area contributed by atoms with Gasteiger partial charge in [0.2, 0.25) is 5.95 Å². The number of anilines is 1. The lowest BCUT2D eigenvalue weighted by Crippen LogP contribution is -2.21. The van der Waals surface area contributed by atoms with E-state index in [0.29, 0.717) is 12.5 Å². The first-order valence-corrected chi connectivity index (χ1v) is 8.92. The molecule has 0 aliphatic carbocycles. The highest BCUT2D eigenvalue weighted by Gasteiger charge is 2.38. The van der Waals surface area contributed by atoms with Crippen molar-refractivity contribution >= 4 is 17.9 Å². The third-order valence-corrected chi connectivity index (χ3v) is 3.56. The Morgan fingerprint density at radius 2 is 1.38 bits per heavy atom. The number of para-hydroxylation sites is 1. The molecule has 0 saturated carbocycles. The smallest absolute Gasteiger partial charge is 0.475 e. The van der Waals surface area contributed by atoms with Crippen LogP contribution in [0, 0.1) is 6.92 Å². The van der Waals surface area contributed by atoms with Crippen molar-refractivity contribution in [1.29, 1.82) is 0 Å². The standard InChI is InChI=1S/C15H15N5.2C2HF3O2/c1-12-16-9-10-20(12)14-6-3-2-5-13(14)11-19-15-17-7-4-8-18-15;2*3-2(4,5)1(6)7/h2-10H,11H2,1H3,(H,17,18,19);2*(H,6,7). The summed E-state index contributed by atoms with van der Waals surface area (Å²) in [5, 5.41) is 17.5. The van der Waals surface area contributed by atoms with Gasteiger partial charge in [-0.3, -0.25) is 0 Å². The number of aliphatic carboxylic acids is 2. The number of aromatic nitrogens is 4. The first kappa shape index (κ1) is 27.9. The highest BCUT2D eigenvalue weighted by Crippen LogP contribution is 2.17. The molecule has 3 rings (SSSR count). The summed E-state index contributed by atoms with van der Waals surface area (Å²) in [5.74, 6) is -3.92. The van der Waals surface area contributed by atoms with E-state index < -0.39 is 24.3 Å². The van der Waals surface area contributed by atoms with Gasteiger partial charge < -0.3 is 20.1 Å². The monoisotopic (exact) mass is 493 g/mol. The van der Waals surface area contributed by atoms with Gasteiger partial charge in [-0.2, -0.15) is 26.3 Å². The average molecular weight is 493 g/mol. The summed E-state index contributed by atoms with van der Waals surface area (Å²) in [7, 11) is 0. The van der Waals surface area contributed by atoms with Gasteiger partial charge in [-0.15, -0.1) is 0 Å². The number of alkyl halides is 6. The number of nitrogens with zero attached hydrogens (tertiary/aromatic N) is 4. The second-order valence-electron chi connectivity index (χ2n) is 6.00. The number of benzene rings is 1. The van der Waals surface area contributed by atoms with E-state index in [4.69, 9.17) is 19.8 Å². The second kappa shape index (κ2) is 12.2. The van der Waals surface area contributed by atoms with Crippen LogP contribution in [0.25, 0.3) is 5.69 Å². The van der Waals surface area contributed by atoms with Gasteiger partial charge in [-0.1, -0.05) is 18.2 Å². The zero-order chi connectivity index (χ0) is 25.9. The summed E-state index contributed by atoms with van der Waals surface area (Å²) in [5.41, 5.74) is 2.28. The average Bonchev–Trinajstić information content (AvgIpc) is 3.18. The number of carbonyl (C=O) groups is 2. The van der Waals surface area contributed by atoms with Crippen LogP contribution in [0.1, 0.15) is 11.4 Å². The molecule has 0 fully saturated rings. The van der Waals surface area contributed by atoms with Crippen molar-refractivity contribution in [1.82, 2.24) is 19.5 Å². The van der Waals surface area contributed by atoms with Crippen LogP contribution in [0.2, 0.25) is 0 Å². The zero-order valence-corrected chi connectivity index (χ0v) is 17.2. The molecular formula is C19H17F6N5O4. The molecule has 0 unspecified atom stereocenters. The van der Waals surface area contributed by atoms with E-state index in [1.54, 1.807) is 24.7 Å². The predicted molar refractivity (Wildman–Crippen MR) is 105 cm³/mol. The SMILES string of the molecule is Cc1nccn1-c1ccccc1CNc1ncccn1.O=C(O)C(F)(F)F.O=C(O)C(F)(F)F. The largest absolute Gasteiger partial charge is 0.490 e. The fourth-order valence-electron chi connectivity index (χ4n) is 2.09. The van der Waals surface area contributed by atoms with E-state index in [1.165, 1.54) is 5.56 Å². The molecule has 0 amide bonds. The summed E-state index contributed by atoms with van der Waals surface area (Å²) in [6.07, 6.45) is -2.95. The molecular weight excluding hydrogens is 476 g/mol. The topological polar surface area (TPSA) is 130 Å². The maximum absolute atomic E-state index is 10.6. The Hall–Kier alpha value is -4.17. The van der Waals surface area contributed by atoms with Crippen LogP contribution in [0.15, 0.2) is 55.1 Å². The van der Waals surface area contributed by atoms with Gasteiger partial charge in [0.25, 0.3) is 0 Å². The molecule has 0 saturated heterocycles.